The molecule has 55 heavy (non-hydrogen) atoms. The predicted octanol–water partition coefficient (Wildman–Crippen LogP) is 9.03. The van der Waals surface area contributed by atoms with Crippen LogP contribution in [0.3, 0.4) is 0 Å². The smallest absolute Gasteiger partial charge is 0.352 e. The molecule has 0 saturated carbocycles. The molecule has 0 radical (unpaired) electrons. The minimum absolute atomic E-state index is 0.102. The molecule has 7 rings (SSSR count). The van der Waals surface area contributed by atoms with Crippen LogP contribution < -0.4 is 14.4 Å². The van der Waals surface area contributed by atoms with Gasteiger partial charge in [-0.2, -0.15) is 5.10 Å². The van der Waals surface area contributed by atoms with Gasteiger partial charge in [0.2, 0.25) is 0 Å². The number of fused-ring (bicyclic) bond motifs is 4. The van der Waals surface area contributed by atoms with Crippen molar-refractivity contribution in [3.8, 4) is 22.6 Å². The molecule has 288 valence electrons. The Labute approximate surface area is 329 Å². The average molecular weight is 787 g/mol. The number of carbonyl (C=O) groups is 2. The van der Waals surface area contributed by atoms with Crippen LogP contribution >= 0.6 is 23.2 Å². The minimum atomic E-state index is -1.07. The molecule has 1 aliphatic rings. The van der Waals surface area contributed by atoms with E-state index in [4.69, 9.17) is 42.5 Å². The Morgan fingerprint density at radius 1 is 0.927 bits per heavy atom. The zero-order valence-corrected chi connectivity index (χ0v) is 33.9. The molecule has 3 aromatic carbocycles. The molecular formula is C42H45Cl2N5O6. The number of hydrogen-bond acceptors (Lipinski definition) is 6. The van der Waals surface area contributed by atoms with E-state index in [-0.39, 0.29) is 24.2 Å². The van der Waals surface area contributed by atoms with Crippen molar-refractivity contribution < 1.29 is 28.9 Å². The first-order valence-electron chi connectivity index (χ1n) is 18.3. The predicted molar refractivity (Wildman–Crippen MR) is 217 cm³/mol. The number of benzene rings is 3. The number of carboxylic acid groups (broad SMARTS) is 1. The van der Waals surface area contributed by atoms with E-state index in [9.17, 15) is 9.90 Å². The van der Waals surface area contributed by atoms with Crippen molar-refractivity contribution in [3.63, 3.8) is 0 Å². The highest BCUT2D eigenvalue weighted by Gasteiger charge is 2.38. The monoisotopic (exact) mass is 785 g/mol. The Morgan fingerprint density at radius 2 is 1.62 bits per heavy atom. The summed E-state index contributed by atoms with van der Waals surface area (Å²) in [7, 11) is 5.22. The lowest BCUT2D eigenvalue weighted by molar-refractivity contribution is 0.0687. The number of amides is 1. The van der Waals surface area contributed by atoms with Crippen molar-refractivity contribution in [2.75, 3.05) is 38.4 Å². The molecule has 0 fully saturated rings. The Morgan fingerprint density at radius 3 is 2.27 bits per heavy atom. The van der Waals surface area contributed by atoms with E-state index < -0.39 is 5.97 Å². The molecule has 3 aromatic heterocycles. The highest BCUT2D eigenvalue weighted by molar-refractivity contribution is 6.35. The van der Waals surface area contributed by atoms with Crippen LogP contribution in [0.1, 0.15) is 68.4 Å². The number of carbonyl (C=O) groups excluding carboxylic acids is 1. The largest absolute Gasteiger partial charge is 0.494 e. The fourth-order valence-electron chi connectivity index (χ4n) is 8.13. The second kappa shape index (κ2) is 14.9. The summed E-state index contributed by atoms with van der Waals surface area (Å²) in [4.78, 5) is 29.3. The first-order valence-corrected chi connectivity index (χ1v) is 19.0. The van der Waals surface area contributed by atoms with E-state index in [0.29, 0.717) is 65.7 Å². The van der Waals surface area contributed by atoms with Crippen LogP contribution in [0, 0.1) is 27.7 Å². The summed E-state index contributed by atoms with van der Waals surface area (Å²) in [5, 5.41) is 17.7. The van der Waals surface area contributed by atoms with Crippen molar-refractivity contribution in [1.82, 2.24) is 18.9 Å². The molecule has 1 atom stereocenters. The molecule has 0 saturated heterocycles. The van der Waals surface area contributed by atoms with E-state index in [2.05, 4.69) is 11.5 Å². The Balaban J connectivity index is 1.39. The summed E-state index contributed by atoms with van der Waals surface area (Å²) < 4.78 is 23.1. The number of ether oxygens (including phenoxy) is 3. The molecule has 1 unspecified atom stereocenters. The van der Waals surface area contributed by atoms with Crippen LogP contribution in [0.15, 0.2) is 42.5 Å². The number of aryl methyl sites for hydroxylation is 6. The zero-order valence-electron chi connectivity index (χ0n) is 32.3. The third kappa shape index (κ3) is 6.62. The van der Waals surface area contributed by atoms with Gasteiger partial charge in [-0.05, 0) is 94.5 Å². The van der Waals surface area contributed by atoms with Crippen molar-refractivity contribution in [2.45, 2.75) is 53.5 Å². The number of aromatic nitrogens is 4. The third-order valence-corrected chi connectivity index (χ3v) is 11.6. The molecule has 6 aromatic rings. The summed E-state index contributed by atoms with van der Waals surface area (Å²) in [6, 6.07) is 12.8. The number of rotatable bonds is 12. The zero-order chi connectivity index (χ0) is 39.5. The Kier molecular flexibility index (Phi) is 10.4. The summed E-state index contributed by atoms with van der Waals surface area (Å²) in [5.74, 6) is -0.0149. The van der Waals surface area contributed by atoms with Crippen LogP contribution in [0.5, 0.6) is 11.5 Å². The van der Waals surface area contributed by atoms with Gasteiger partial charge < -0.3 is 33.4 Å². The first-order chi connectivity index (χ1) is 26.2. The topological polar surface area (TPSA) is 113 Å². The summed E-state index contributed by atoms with van der Waals surface area (Å²) >= 11 is 13.5. The molecule has 1 aliphatic heterocycles. The molecule has 0 bridgehead atoms. The van der Waals surface area contributed by atoms with Gasteiger partial charge in [-0.15, -0.1) is 0 Å². The maximum absolute atomic E-state index is 15.3. The van der Waals surface area contributed by atoms with Gasteiger partial charge in [0.05, 0.1) is 40.7 Å². The lowest BCUT2D eigenvalue weighted by Gasteiger charge is -2.35. The van der Waals surface area contributed by atoms with Crippen molar-refractivity contribution in [1.29, 1.82) is 0 Å². The molecule has 4 heterocycles. The number of hydrogen-bond donors (Lipinski definition) is 1. The quantitative estimate of drug-likeness (QED) is 0.123. The van der Waals surface area contributed by atoms with Crippen molar-refractivity contribution >= 4 is 62.6 Å². The molecule has 11 nitrogen and oxygen atoms in total. The second-order valence-electron chi connectivity index (χ2n) is 14.4. The van der Waals surface area contributed by atoms with Gasteiger partial charge in [-0.3, -0.25) is 9.48 Å². The number of carboxylic acids is 1. The van der Waals surface area contributed by atoms with E-state index in [0.717, 1.165) is 60.9 Å². The van der Waals surface area contributed by atoms with Gasteiger partial charge in [0.25, 0.3) is 5.91 Å². The maximum Gasteiger partial charge on any atom is 0.352 e. The number of methoxy groups -OCH3 is 1. The van der Waals surface area contributed by atoms with Gasteiger partial charge in [-0.25, -0.2) is 4.79 Å². The molecule has 0 aliphatic carbocycles. The van der Waals surface area contributed by atoms with Gasteiger partial charge in [0.1, 0.15) is 29.5 Å². The molecule has 0 spiro atoms. The van der Waals surface area contributed by atoms with Gasteiger partial charge >= 0.3 is 5.97 Å². The SMILES string of the molecule is COCCOc1cc(N2CC(C)n3c(c(CCCOc4cc(C)c(Cl)c(C)c4)c4ccc(Cl)c(-c5c(C)nn(C)c5C)c43)C2=O)c2c(c1)cc(C(=O)O)n2C. The summed E-state index contributed by atoms with van der Waals surface area (Å²) in [6.07, 6.45) is 1.18. The number of halogens is 2. The van der Waals surface area contributed by atoms with E-state index in [1.54, 1.807) is 35.8 Å². The van der Waals surface area contributed by atoms with E-state index in [1.807, 2.05) is 69.8 Å². The Hall–Kier alpha value is -4.97. The highest BCUT2D eigenvalue weighted by Crippen LogP contribution is 2.46. The summed E-state index contributed by atoms with van der Waals surface area (Å²) in [6.45, 7) is 11.4. The average Bonchev–Trinajstić information content (AvgIpc) is 3.74. The van der Waals surface area contributed by atoms with Crippen LogP contribution in [-0.4, -0.2) is 69.4 Å². The Bertz CT molecular complexity index is 2490. The lowest BCUT2D eigenvalue weighted by atomic mass is 9.98. The minimum Gasteiger partial charge on any atom is -0.494 e. The lowest BCUT2D eigenvalue weighted by Crippen LogP contribution is -2.43. The number of nitrogens with zero attached hydrogens (tertiary/aromatic N) is 5. The first kappa shape index (κ1) is 38.3. The van der Waals surface area contributed by atoms with Crippen LogP contribution in [0.4, 0.5) is 5.69 Å². The van der Waals surface area contributed by atoms with Crippen LogP contribution in [0.25, 0.3) is 32.9 Å². The molecular weight excluding hydrogens is 741 g/mol. The highest BCUT2D eigenvalue weighted by atomic mass is 35.5. The number of anilines is 1. The van der Waals surface area contributed by atoms with Gasteiger partial charge in [0.15, 0.2) is 0 Å². The van der Waals surface area contributed by atoms with Gasteiger partial charge in [-0.1, -0.05) is 29.3 Å². The molecule has 1 N–H and O–H groups in total. The van der Waals surface area contributed by atoms with Crippen LogP contribution in [-0.2, 0) is 25.3 Å². The normalized spacial score (nSPS) is 14.3. The van der Waals surface area contributed by atoms with Crippen molar-refractivity contribution in [2.24, 2.45) is 14.1 Å². The standard InChI is InChI=1S/C42H45Cl2N5O6/c1-22-16-28(17-23(2)37(22)44)54-13-9-10-30-31-11-12-32(43)36(35-25(4)45-47(7)26(35)5)39(31)49-24(3)21-48(41(50)40(30)49)33-20-29(55-15-14-53-8)18-27-19-34(42(51)52)46(6)38(27)33/h11-12,16-20,24H,9-10,13-15,21H2,1-8H3,(H,51,52). The fraction of sp³-hybridized carbons (Fsp3) is 0.357. The van der Waals surface area contributed by atoms with E-state index in [1.165, 1.54) is 0 Å². The van der Waals surface area contributed by atoms with E-state index >= 15 is 4.79 Å². The maximum atomic E-state index is 15.3. The number of aromatic carboxylic acids is 1. The van der Waals surface area contributed by atoms with Crippen molar-refractivity contribution in [3.05, 3.63) is 92.0 Å². The van der Waals surface area contributed by atoms with Crippen LogP contribution in [0.2, 0.25) is 10.0 Å². The molecule has 1 amide bonds. The second-order valence-corrected chi connectivity index (χ2v) is 15.2. The third-order valence-electron chi connectivity index (χ3n) is 10.7. The summed E-state index contributed by atoms with van der Waals surface area (Å²) in [5.41, 5.74) is 9.11. The van der Waals surface area contributed by atoms with Gasteiger partial charge in [0, 0.05) is 72.5 Å². The molecule has 13 heteroatoms. The fourth-order valence-corrected chi connectivity index (χ4v) is 8.48.